The highest BCUT2D eigenvalue weighted by Gasteiger charge is 2.17. The van der Waals surface area contributed by atoms with Crippen molar-refractivity contribution < 1.29 is 9.47 Å². The summed E-state index contributed by atoms with van der Waals surface area (Å²) >= 11 is 0. The molecule has 0 aliphatic rings. The summed E-state index contributed by atoms with van der Waals surface area (Å²) in [6.07, 6.45) is 0. The molecule has 0 atom stereocenters. The Morgan fingerprint density at radius 2 is 1.34 bits per heavy atom. The van der Waals surface area contributed by atoms with Crippen molar-refractivity contribution in [1.82, 2.24) is 14.6 Å². The fourth-order valence-corrected chi connectivity index (χ4v) is 3.68. The van der Waals surface area contributed by atoms with Gasteiger partial charge in [0, 0.05) is 35.0 Å². The quantitative estimate of drug-likeness (QED) is 0.373. The van der Waals surface area contributed by atoms with E-state index in [0.29, 0.717) is 17.3 Å². The molecule has 1 N–H and O–H groups in total. The van der Waals surface area contributed by atoms with Crippen molar-refractivity contribution in [2.75, 3.05) is 19.5 Å². The summed E-state index contributed by atoms with van der Waals surface area (Å²) in [5, 5.41) is 8.22. The van der Waals surface area contributed by atoms with Gasteiger partial charge in [0.05, 0.1) is 19.9 Å². The Labute approximate surface area is 186 Å². The van der Waals surface area contributed by atoms with E-state index in [0.717, 1.165) is 33.8 Å². The van der Waals surface area contributed by atoms with Crippen molar-refractivity contribution in [2.24, 2.45) is 0 Å². The van der Waals surface area contributed by atoms with Gasteiger partial charge in [0.2, 0.25) is 0 Å². The molecule has 2 heterocycles. The monoisotopic (exact) mass is 422 g/mol. The third-order valence-corrected chi connectivity index (χ3v) is 5.20. The fourth-order valence-electron chi connectivity index (χ4n) is 3.68. The number of aromatic nitrogens is 3. The Bertz CT molecular complexity index is 1340. The van der Waals surface area contributed by atoms with Crippen molar-refractivity contribution >= 4 is 17.2 Å². The van der Waals surface area contributed by atoms with E-state index < -0.39 is 0 Å². The Hall–Kier alpha value is -4.32. The van der Waals surface area contributed by atoms with Crippen LogP contribution in [0.5, 0.6) is 11.5 Å². The smallest absolute Gasteiger partial charge is 0.155 e. The molecule has 158 valence electrons. The number of methoxy groups -OCH3 is 2. The second-order valence-electron chi connectivity index (χ2n) is 7.26. The van der Waals surface area contributed by atoms with Crippen LogP contribution in [0.4, 0.5) is 11.5 Å². The zero-order valence-electron chi connectivity index (χ0n) is 17.8. The maximum Gasteiger partial charge on any atom is 0.155 e. The number of benzene rings is 3. The molecule has 0 aliphatic carbocycles. The average Bonchev–Trinajstić information content (AvgIpc) is 3.23. The Balaban J connectivity index is 1.64. The number of imidazole rings is 1. The number of nitrogens with zero attached hydrogens (tertiary/aromatic N) is 3. The summed E-state index contributed by atoms with van der Waals surface area (Å²) in [6.45, 7) is 0. The zero-order chi connectivity index (χ0) is 21.9. The number of nitrogens with one attached hydrogen (secondary N) is 1. The van der Waals surface area contributed by atoms with Gasteiger partial charge < -0.3 is 14.8 Å². The molecule has 0 spiro atoms. The lowest BCUT2D eigenvalue weighted by atomic mass is 10.1. The van der Waals surface area contributed by atoms with Crippen molar-refractivity contribution in [2.45, 2.75) is 0 Å². The van der Waals surface area contributed by atoms with Gasteiger partial charge in [0.15, 0.2) is 11.5 Å². The number of hydrogen-bond acceptors (Lipinski definition) is 5. The fraction of sp³-hybridized carbons (Fsp3) is 0.0769. The predicted octanol–water partition coefficient (Wildman–Crippen LogP) is 5.82. The molecule has 2 aromatic heterocycles. The molecule has 0 bridgehead atoms. The van der Waals surface area contributed by atoms with E-state index in [2.05, 4.69) is 29.6 Å². The van der Waals surface area contributed by atoms with E-state index in [-0.39, 0.29) is 0 Å². The number of anilines is 2. The molecule has 0 aliphatic heterocycles. The van der Waals surface area contributed by atoms with Gasteiger partial charge in [-0.3, -0.25) is 0 Å². The summed E-state index contributed by atoms with van der Waals surface area (Å²) in [4.78, 5) is 4.89. The Kier molecular flexibility index (Phi) is 5.17. The van der Waals surface area contributed by atoms with E-state index in [4.69, 9.17) is 19.6 Å². The number of ether oxygens (including phenoxy) is 2. The van der Waals surface area contributed by atoms with Crippen LogP contribution in [0.2, 0.25) is 0 Å². The first-order chi connectivity index (χ1) is 15.7. The highest BCUT2D eigenvalue weighted by atomic mass is 16.5. The molecule has 0 fully saturated rings. The molecule has 3 aromatic carbocycles. The van der Waals surface area contributed by atoms with Crippen LogP contribution >= 0.6 is 0 Å². The Morgan fingerprint density at radius 1 is 0.719 bits per heavy atom. The van der Waals surface area contributed by atoms with Gasteiger partial charge in [-0.15, -0.1) is 5.10 Å². The number of fused-ring (bicyclic) bond motifs is 1. The van der Waals surface area contributed by atoms with E-state index >= 15 is 0 Å². The lowest BCUT2D eigenvalue weighted by Crippen LogP contribution is -2.01. The molecule has 6 nitrogen and oxygen atoms in total. The minimum atomic E-state index is 0.682. The van der Waals surface area contributed by atoms with Crippen molar-refractivity contribution in [3.8, 4) is 34.0 Å². The van der Waals surface area contributed by atoms with Crippen molar-refractivity contribution in [3.05, 3.63) is 91.0 Å². The van der Waals surface area contributed by atoms with Crippen LogP contribution in [0.1, 0.15) is 0 Å². The van der Waals surface area contributed by atoms with Crippen LogP contribution in [0.15, 0.2) is 91.0 Å². The van der Waals surface area contributed by atoms with Gasteiger partial charge in [-0.2, -0.15) is 0 Å². The SMILES string of the molecule is COc1cc(Nc2ccc3nc(-c4ccccc4)c(-c4ccccc4)n3n2)cc(OC)c1. The maximum atomic E-state index is 5.38. The van der Waals surface area contributed by atoms with Crippen LogP contribution < -0.4 is 14.8 Å². The zero-order valence-corrected chi connectivity index (χ0v) is 17.8. The molecular weight excluding hydrogens is 400 g/mol. The molecule has 5 rings (SSSR count). The minimum absolute atomic E-state index is 0.682. The number of rotatable bonds is 6. The summed E-state index contributed by atoms with van der Waals surface area (Å²) < 4.78 is 12.6. The third kappa shape index (κ3) is 3.74. The molecule has 32 heavy (non-hydrogen) atoms. The lowest BCUT2D eigenvalue weighted by molar-refractivity contribution is 0.395. The van der Waals surface area contributed by atoms with Gasteiger partial charge >= 0.3 is 0 Å². The van der Waals surface area contributed by atoms with Crippen LogP contribution in [0.3, 0.4) is 0 Å². The van der Waals surface area contributed by atoms with Crippen LogP contribution in [0.25, 0.3) is 28.2 Å². The molecule has 0 unspecified atom stereocenters. The highest BCUT2D eigenvalue weighted by molar-refractivity contribution is 5.81. The number of hydrogen-bond donors (Lipinski definition) is 1. The molecule has 0 saturated heterocycles. The van der Waals surface area contributed by atoms with E-state index in [1.165, 1.54) is 0 Å². The summed E-state index contributed by atoms with van der Waals surface area (Å²) in [5.41, 5.74) is 5.52. The third-order valence-electron chi connectivity index (χ3n) is 5.20. The maximum absolute atomic E-state index is 5.38. The van der Waals surface area contributed by atoms with Gasteiger partial charge in [-0.05, 0) is 12.1 Å². The van der Waals surface area contributed by atoms with Crippen molar-refractivity contribution in [3.63, 3.8) is 0 Å². The first-order valence-electron chi connectivity index (χ1n) is 10.3. The van der Waals surface area contributed by atoms with Crippen LogP contribution in [0, 0.1) is 0 Å². The molecule has 0 saturated carbocycles. The second-order valence-corrected chi connectivity index (χ2v) is 7.26. The minimum Gasteiger partial charge on any atom is -0.497 e. The van der Waals surface area contributed by atoms with Crippen LogP contribution in [-0.4, -0.2) is 28.8 Å². The van der Waals surface area contributed by atoms with Crippen LogP contribution in [-0.2, 0) is 0 Å². The highest BCUT2D eigenvalue weighted by Crippen LogP contribution is 2.33. The molecular formula is C26H22N4O2. The van der Waals surface area contributed by atoms with E-state index in [1.54, 1.807) is 14.2 Å². The lowest BCUT2D eigenvalue weighted by Gasteiger charge is -2.11. The Morgan fingerprint density at radius 3 is 1.97 bits per heavy atom. The summed E-state index contributed by atoms with van der Waals surface area (Å²) in [6, 6.07) is 29.9. The molecule has 0 amide bonds. The largest absolute Gasteiger partial charge is 0.497 e. The second kappa shape index (κ2) is 8.43. The predicted molar refractivity (Wildman–Crippen MR) is 127 cm³/mol. The van der Waals surface area contributed by atoms with E-state index in [9.17, 15) is 0 Å². The van der Waals surface area contributed by atoms with Gasteiger partial charge in [-0.1, -0.05) is 60.7 Å². The first-order valence-corrected chi connectivity index (χ1v) is 10.3. The van der Waals surface area contributed by atoms with Crippen molar-refractivity contribution in [1.29, 1.82) is 0 Å². The topological polar surface area (TPSA) is 60.7 Å². The summed E-state index contributed by atoms with van der Waals surface area (Å²) in [5.74, 6) is 2.08. The standard InChI is InChI=1S/C26H22N4O2/c1-31-21-15-20(16-22(17-21)32-2)27-23-13-14-24-28-25(18-9-5-3-6-10-18)26(30(24)29-23)19-11-7-4-8-12-19/h3-17H,1-2H3,(H,27,29). The van der Waals surface area contributed by atoms with Gasteiger partial charge in [-0.25, -0.2) is 9.50 Å². The van der Waals surface area contributed by atoms with E-state index in [1.807, 2.05) is 71.2 Å². The summed E-state index contributed by atoms with van der Waals surface area (Å²) in [7, 11) is 3.26. The molecule has 6 heteroatoms. The van der Waals surface area contributed by atoms with Gasteiger partial charge in [0.1, 0.15) is 17.2 Å². The molecule has 5 aromatic rings. The normalized spacial score (nSPS) is 10.8. The molecule has 0 radical (unpaired) electrons. The first kappa shape index (κ1) is 19.6. The average molecular weight is 422 g/mol. The van der Waals surface area contributed by atoms with Gasteiger partial charge in [0.25, 0.3) is 0 Å².